The highest BCUT2D eigenvalue weighted by Gasteiger charge is 2.13. The molecule has 0 atom stereocenters. The van der Waals surface area contributed by atoms with E-state index in [1.54, 1.807) is 0 Å². The Hall–Kier alpha value is -1.89. The molecular weight excluding hydrogens is 237 g/mol. The first-order valence-electron chi connectivity index (χ1n) is 7.23. The van der Waals surface area contributed by atoms with Crippen LogP contribution in [-0.2, 0) is 0 Å². The van der Waals surface area contributed by atoms with Gasteiger partial charge in [-0.3, -0.25) is 0 Å². The summed E-state index contributed by atoms with van der Waals surface area (Å²) >= 11 is 0. The van der Waals surface area contributed by atoms with Gasteiger partial charge in [0, 0.05) is 0 Å². The fraction of sp³-hybridized carbons (Fsp3) is 0.0588. The zero-order chi connectivity index (χ0) is 14.0. The first kappa shape index (κ1) is 11.9. The Balaban J connectivity index is 2.47. The molecule has 0 amide bonds. The van der Waals surface area contributed by atoms with E-state index >= 15 is 0 Å². The van der Waals surface area contributed by atoms with E-state index in [2.05, 4.69) is 66.9 Å². The van der Waals surface area contributed by atoms with Crippen LogP contribution in [0, 0.1) is 6.92 Å². The number of hydrogen-bond donors (Lipinski definition) is 0. The molecule has 0 aliphatic carbocycles. The van der Waals surface area contributed by atoms with E-state index in [4.69, 9.17) is 0 Å². The molecule has 4 rings (SSSR count). The summed E-state index contributed by atoms with van der Waals surface area (Å²) < 4.78 is 0. The van der Waals surface area contributed by atoms with Crippen molar-refractivity contribution < 1.29 is 0 Å². The molecule has 0 N–H and O–H groups in total. The molecule has 3 heteroatoms. The number of aryl methyl sites for hydroxylation is 1. The van der Waals surface area contributed by atoms with Gasteiger partial charge in [0.1, 0.15) is 23.5 Å². The SMILES string of the molecule is Bc1cc(B)c2ccc3c(C)cc(B)c4ccc1c2c43. The smallest absolute Gasteiger partial charge is 0.0818 e. The van der Waals surface area contributed by atoms with Crippen LogP contribution in [0.5, 0.6) is 0 Å². The predicted molar refractivity (Wildman–Crippen MR) is 99.4 cm³/mol. The summed E-state index contributed by atoms with van der Waals surface area (Å²) in [4.78, 5) is 0. The third kappa shape index (κ3) is 1.36. The average molecular weight is 252 g/mol. The van der Waals surface area contributed by atoms with Crippen LogP contribution in [0.25, 0.3) is 32.3 Å². The van der Waals surface area contributed by atoms with Crippen molar-refractivity contribution in [1.29, 1.82) is 0 Å². The van der Waals surface area contributed by atoms with Gasteiger partial charge in [-0.05, 0) is 44.8 Å². The minimum Gasteiger partial charge on any atom is -0.0818 e. The van der Waals surface area contributed by atoms with Crippen molar-refractivity contribution in [1.82, 2.24) is 0 Å². The third-order valence-electron chi connectivity index (χ3n) is 4.73. The summed E-state index contributed by atoms with van der Waals surface area (Å²) in [6.45, 7) is 2.22. The minimum atomic E-state index is 1.38. The van der Waals surface area contributed by atoms with Gasteiger partial charge < -0.3 is 0 Å². The lowest BCUT2D eigenvalue weighted by molar-refractivity contribution is 1.56. The van der Waals surface area contributed by atoms with Gasteiger partial charge in [0.2, 0.25) is 0 Å². The second kappa shape index (κ2) is 3.82. The Morgan fingerprint density at radius 1 is 0.600 bits per heavy atom. The topological polar surface area (TPSA) is 0 Å². The molecule has 4 aromatic carbocycles. The standard InChI is InChI=1S/C17H15B3/c1-8-6-13(18)10-4-5-12-15(20)7-14(19)11-3-2-9(8)16(10)17(11)12/h2-7H,18-20H2,1H3. The van der Waals surface area contributed by atoms with Gasteiger partial charge in [-0.15, -0.1) is 0 Å². The highest BCUT2D eigenvalue weighted by Crippen LogP contribution is 2.33. The first-order chi connectivity index (χ1) is 9.58. The molecule has 4 aromatic rings. The molecule has 0 aromatic heterocycles. The average Bonchev–Trinajstić information content (AvgIpc) is 2.42. The van der Waals surface area contributed by atoms with Gasteiger partial charge in [-0.1, -0.05) is 52.8 Å². The highest BCUT2D eigenvalue weighted by atomic mass is 14.1. The van der Waals surface area contributed by atoms with Crippen LogP contribution in [0.1, 0.15) is 5.56 Å². The van der Waals surface area contributed by atoms with Crippen LogP contribution in [0.2, 0.25) is 0 Å². The van der Waals surface area contributed by atoms with Crippen molar-refractivity contribution in [3.05, 3.63) is 42.0 Å². The monoisotopic (exact) mass is 252 g/mol. The van der Waals surface area contributed by atoms with Gasteiger partial charge in [-0.25, -0.2) is 0 Å². The van der Waals surface area contributed by atoms with Crippen LogP contribution in [0.3, 0.4) is 0 Å². The molecule has 20 heavy (non-hydrogen) atoms. The molecule has 0 radical (unpaired) electrons. The Morgan fingerprint density at radius 3 is 1.55 bits per heavy atom. The van der Waals surface area contributed by atoms with Gasteiger partial charge in [0.05, 0.1) is 0 Å². The summed E-state index contributed by atoms with van der Waals surface area (Å²) in [6.07, 6.45) is 0. The largest absolute Gasteiger partial charge is 0.140 e. The summed E-state index contributed by atoms with van der Waals surface area (Å²) in [5.74, 6) is 0. The van der Waals surface area contributed by atoms with Gasteiger partial charge in [0.15, 0.2) is 0 Å². The van der Waals surface area contributed by atoms with Crippen molar-refractivity contribution in [3.8, 4) is 0 Å². The quantitative estimate of drug-likeness (QED) is 0.297. The van der Waals surface area contributed by atoms with Crippen LogP contribution in [0.15, 0.2) is 36.4 Å². The van der Waals surface area contributed by atoms with E-state index in [9.17, 15) is 0 Å². The normalized spacial score (nSPS) is 11.8. The van der Waals surface area contributed by atoms with Crippen molar-refractivity contribution in [2.75, 3.05) is 0 Å². The Morgan fingerprint density at radius 2 is 1.00 bits per heavy atom. The zero-order valence-corrected chi connectivity index (χ0v) is 12.5. The lowest BCUT2D eigenvalue weighted by Gasteiger charge is -2.17. The number of benzene rings is 4. The molecule has 0 bridgehead atoms. The van der Waals surface area contributed by atoms with Crippen molar-refractivity contribution >= 4 is 72.2 Å². The minimum absolute atomic E-state index is 1.38. The van der Waals surface area contributed by atoms with Crippen LogP contribution >= 0.6 is 0 Å². The Labute approximate surface area is 121 Å². The summed E-state index contributed by atoms with van der Waals surface area (Å²) in [5.41, 5.74) is 5.51. The lowest BCUT2D eigenvalue weighted by Crippen LogP contribution is -2.16. The maximum absolute atomic E-state index is 2.31. The Bertz CT molecular complexity index is 832. The van der Waals surface area contributed by atoms with Crippen LogP contribution in [-0.4, -0.2) is 23.5 Å². The summed E-state index contributed by atoms with van der Waals surface area (Å²) in [7, 11) is 6.66. The molecule has 0 spiro atoms. The molecule has 0 nitrogen and oxygen atoms in total. The molecule has 0 unspecified atom stereocenters. The van der Waals surface area contributed by atoms with E-state index in [0.29, 0.717) is 0 Å². The Kier molecular flexibility index (Phi) is 2.27. The molecule has 0 saturated carbocycles. The maximum Gasteiger partial charge on any atom is 0.140 e. The summed E-state index contributed by atoms with van der Waals surface area (Å²) in [5, 5.41) is 8.48. The third-order valence-corrected chi connectivity index (χ3v) is 4.73. The molecule has 0 saturated heterocycles. The van der Waals surface area contributed by atoms with Gasteiger partial charge in [0.25, 0.3) is 0 Å². The second-order valence-electron chi connectivity index (χ2n) is 6.09. The molecule has 0 fully saturated rings. The van der Waals surface area contributed by atoms with Gasteiger partial charge >= 0.3 is 0 Å². The lowest BCUT2D eigenvalue weighted by atomic mass is 9.76. The molecule has 92 valence electrons. The van der Waals surface area contributed by atoms with Crippen molar-refractivity contribution in [2.45, 2.75) is 6.92 Å². The molecule has 0 heterocycles. The van der Waals surface area contributed by atoms with Crippen LogP contribution in [0.4, 0.5) is 0 Å². The maximum atomic E-state index is 2.31. The number of rotatable bonds is 0. The molecule has 0 aliphatic heterocycles. The van der Waals surface area contributed by atoms with Crippen LogP contribution < -0.4 is 16.4 Å². The number of hydrogen-bond acceptors (Lipinski definition) is 0. The van der Waals surface area contributed by atoms with E-state index in [1.165, 1.54) is 54.3 Å². The zero-order valence-electron chi connectivity index (χ0n) is 12.5. The summed E-state index contributed by atoms with van der Waals surface area (Å²) in [6, 6.07) is 13.8. The fourth-order valence-electron chi connectivity index (χ4n) is 3.77. The van der Waals surface area contributed by atoms with E-state index in [-0.39, 0.29) is 0 Å². The highest BCUT2D eigenvalue weighted by molar-refractivity contribution is 6.50. The van der Waals surface area contributed by atoms with Crippen molar-refractivity contribution in [3.63, 3.8) is 0 Å². The molecule has 0 aliphatic rings. The van der Waals surface area contributed by atoms with Crippen molar-refractivity contribution in [2.24, 2.45) is 0 Å². The first-order valence-corrected chi connectivity index (χ1v) is 7.23. The van der Waals surface area contributed by atoms with E-state index in [1.807, 2.05) is 0 Å². The second-order valence-corrected chi connectivity index (χ2v) is 6.09. The van der Waals surface area contributed by atoms with E-state index in [0.717, 1.165) is 0 Å². The van der Waals surface area contributed by atoms with Gasteiger partial charge in [-0.2, -0.15) is 0 Å². The fourth-order valence-corrected chi connectivity index (χ4v) is 3.77. The van der Waals surface area contributed by atoms with E-state index < -0.39 is 0 Å². The predicted octanol–water partition coefficient (Wildman–Crippen LogP) is -0.332. The molecular formula is C17H15B3.